The van der Waals surface area contributed by atoms with Crippen molar-refractivity contribution < 1.29 is 34.8 Å². The molecule has 0 spiro atoms. The fraction of sp³-hybridized carbons (Fsp3) is 0.632. The lowest BCUT2D eigenvalue weighted by atomic mass is 9.92. The number of rotatable bonds is 10. The van der Waals surface area contributed by atoms with Crippen molar-refractivity contribution in [3.05, 3.63) is 12.7 Å². The van der Waals surface area contributed by atoms with Crippen molar-refractivity contribution in [2.45, 2.75) is 62.9 Å². The van der Waals surface area contributed by atoms with Crippen molar-refractivity contribution in [2.24, 2.45) is 0 Å². The fourth-order valence-corrected chi connectivity index (χ4v) is 3.49. The van der Waals surface area contributed by atoms with Crippen molar-refractivity contribution in [1.29, 1.82) is 0 Å². The lowest BCUT2D eigenvalue weighted by Gasteiger charge is -2.44. The van der Waals surface area contributed by atoms with Gasteiger partial charge in [-0.2, -0.15) is 13.5 Å². The Labute approximate surface area is 202 Å². The van der Waals surface area contributed by atoms with Gasteiger partial charge in [0.05, 0.1) is 25.5 Å². The first-order chi connectivity index (χ1) is 15.8. The number of hydrogen-bond donors (Lipinski definition) is 8. The number of nitrogens with zero attached hydrogens (tertiary/aromatic N) is 3. The number of aliphatic hydroxyl groups is 4. The summed E-state index contributed by atoms with van der Waals surface area (Å²) in [6.45, 7) is 0.857. The number of aromatic nitrogens is 4. The molecule has 190 valence electrons. The second kappa shape index (κ2) is 12.8. The summed E-state index contributed by atoms with van der Waals surface area (Å²) in [4.78, 5) is 38.9. The summed E-state index contributed by atoms with van der Waals surface area (Å²) in [7, 11) is 0. The molecule has 2 amide bonds. The van der Waals surface area contributed by atoms with E-state index < -0.39 is 49.2 Å². The Balaban J connectivity index is 0.00000408. The van der Waals surface area contributed by atoms with E-state index >= 15 is 0 Å². The molecule has 1 aliphatic rings. The van der Waals surface area contributed by atoms with Gasteiger partial charge in [0.15, 0.2) is 17.7 Å². The van der Waals surface area contributed by atoms with Crippen LogP contribution in [0.1, 0.15) is 26.2 Å². The Morgan fingerprint density at radius 1 is 1.21 bits per heavy atom. The zero-order valence-corrected chi connectivity index (χ0v) is 19.5. The maximum absolute atomic E-state index is 12.3. The topological polar surface area (TPSA) is 215 Å². The maximum Gasteiger partial charge on any atom is 0.239 e. The van der Waals surface area contributed by atoms with E-state index in [1.54, 1.807) is 0 Å². The van der Waals surface area contributed by atoms with Gasteiger partial charge in [0.2, 0.25) is 11.8 Å². The van der Waals surface area contributed by atoms with E-state index in [0.717, 1.165) is 6.42 Å². The van der Waals surface area contributed by atoms with Crippen molar-refractivity contribution in [2.75, 3.05) is 18.5 Å². The summed E-state index contributed by atoms with van der Waals surface area (Å²) in [6, 6.07) is -1.27. The molecule has 0 radical (unpaired) electrons. The first-order valence-corrected chi connectivity index (χ1v) is 10.6. The highest BCUT2D eigenvalue weighted by molar-refractivity contribution is 7.59. The number of imidazole rings is 1. The standard InChI is InChI=1S/C19H29N7O7.H2S/c1-2-3-4-10(29)20-5-11(30)25-12-14(31)15(32)19(33-16(12)9(28)6-27)26-18-13-17(22-7-21-13)23-8-24-18;/h7-9,12,14-16,19,27-28,31-32H,2-6H2,1H3,(H,20,29)(H,25,30)(H2,21,22,23,24,26);1H2. The Morgan fingerprint density at radius 3 is 2.68 bits per heavy atom. The van der Waals surface area contributed by atoms with Gasteiger partial charge in [-0.05, 0) is 6.42 Å². The molecule has 34 heavy (non-hydrogen) atoms. The van der Waals surface area contributed by atoms with Crippen LogP contribution in [0, 0.1) is 0 Å². The minimum atomic E-state index is -1.58. The third-order valence-corrected chi connectivity index (χ3v) is 5.29. The Hall–Kier alpha value is -2.56. The normalized spacial score (nSPS) is 25.3. The number of anilines is 1. The minimum Gasteiger partial charge on any atom is -0.394 e. The Kier molecular flexibility index (Phi) is 10.4. The molecule has 3 rings (SSSR count). The second-order valence-electron chi connectivity index (χ2n) is 7.69. The average Bonchev–Trinajstić information content (AvgIpc) is 3.30. The number of fused-ring (bicyclic) bond motifs is 1. The van der Waals surface area contributed by atoms with Gasteiger partial charge in [-0.15, -0.1) is 0 Å². The molecule has 0 aliphatic carbocycles. The van der Waals surface area contributed by atoms with Gasteiger partial charge in [-0.1, -0.05) is 13.3 Å². The van der Waals surface area contributed by atoms with E-state index in [1.807, 2.05) is 6.92 Å². The monoisotopic (exact) mass is 501 g/mol. The number of carbonyl (C=O) groups is 2. The molecule has 0 aromatic carbocycles. The zero-order valence-electron chi connectivity index (χ0n) is 18.5. The van der Waals surface area contributed by atoms with Crippen molar-refractivity contribution in [3.63, 3.8) is 0 Å². The molecule has 1 saturated heterocycles. The number of aromatic amines is 1. The van der Waals surface area contributed by atoms with E-state index in [2.05, 4.69) is 35.9 Å². The highest BCUT2D eigenvalue weighted by Gasteiger charge is 2.48. The molecule has 2 aromatic rings. The van der Waals surface area contributed by atoms with Crippen LogP contribution in [0.2, 0.25) is 0 Å². The first kappa shape index (κ1) is 27.7. The van der Waals surface area contributed by atoms with Crippen LogP contribution in [-0.4, -0.2) is 102 Å². The van der Waals surface area contributed by atoms with E-state index in [0.29, 0.717) is 17.6 Å². The number of carbonyl (C=O) groups excluding carboxylic acids is 2. The molecule has 1 aliphatic heterocycles. The summed E-state index contributed by atoms with van der Waals surface area (Å²) in [5.41, 5.74) is 0.785. The molecule has 3 heterocycles. The van der Waals surface area contributed by atoms with Crippen LogP contribution in [0.4, 0.5) is 5.82 Å². The SMILES string of the molecule is CCCCC(=O)NCC(=O)NC1C(O)C(O)C(Nc2ncnc3nc[nH]c23)OC1C(O)CO.S. The number of ether oxygens (including phenoxy) is 1. The van der Waals surface area contributed by atoms with Crippen LogP contribution in [0.15, 0.2) is 12.7 Å². The van der Waals surface area contributed by atoms with Gasteiger partial charge in [-0.3, -0.25) is 9.59 Å². The van der Waals surface area contributed by atoms with Crippen molar-refractivity contribution >= 4 is 42.3 Å². The smallest absolute Gasteiger partial charge is 0.239 e. The van der Waals surface area contributed by atoms with Gasteiger partial charge in [-0.25, -0.2) is 15.0 Å². The molecule has 6 unspecified atom stereocenters. The molecule has 14 nitrogen and oxygen atoms in total. The number of H-pyrrole nitrogens is 1. The summed E-state index contributed by atoms with van der Waals surface area (Å²) in [5.74, 6) is -0.724. The predicted molar refractivity (Wildman–Crippen MR) is 124 cm³/mol. The molecule has 0 bridgehead atoms. The minimum absolute atomic E-state index is 0. The van der Waals surface area contributed by atoms with Crippen molar-refractivity contribution in [3.8, 4) is 0 Å². The third kappa shape index (κ3) is 6.52. The van der Waals surface area contributed by atoms with E-state index in [1.165, 1.54) is 12.7 Å². The molecule has 2 aromatic heterocycles. The largest absolute Gasteiger partial charge is 0.394 e. The molecule has 1 fully saturated rings. The number of unbranched alkanes of at least 4 members (excludes halogenated alkanes) is 1. The number of hydrogen-bond acceptors (Lipinski definition) is 11. The molecule has 8 N–H and O–H groups in total. The van der Waals surface area contributed by atoms with E-state index in [4.69, 9.17) is 4.74 Å². The average molecular weight is 502 g/mol. The highest BCUT2D eigenvalue weighted by atomic mass is 32.1. The van der Waals surface area contributed by atoms with E-state index in [9.17, 15) is 30.0 Å². The first-order valence-electron chi connectivity index (χ1n) is 10.6. The summed E-state index contributed by atoms with van der Waals surface area (Å²) < 4.78 is 5.72. The maximum atomic E-state index is 12.3. The molecular weight excluding hydrogens is 470 g/mol. The van der Waals surface area contributed by atoms with Gasteiger partial charge in [0.25, 0.3) is 0 Å². The van der Waals surface area contributed by atoms with Gasteiger partial charge < -0.3 is 46.1 Å². The van der Waals surface area contributed by atoms with Crippen LogP contribution in [-0.2, 0) is 14.3 Å². The van der Waals surface area contributed by atoms with Crippen LogP contribution < -0.4 is 16.0 Å². The van der Waals surface area contributed by atoms with Gasteiger partial charge in [0.1, 0.15) is 36.3 Å². The molecule has 15 heteroatoms. The molecular formula is C19H31N7O7S. The summed E-state index contributed by atoms with van der Waals surface area (Å²) in [5, 5.41) is 48.7. The van der Waals surface area contributed by atoms with Crippen molar-refractivity contribution in [1.82, 2.24) is 30.6 Å². The van der Waals surface area contributed by atoms with Gasteiger partial charge in [0, 0.05) is 6.42 Å². The summed E-state index contributed by atoms with van der Waals surface area (Å²) in [6.07, 6.45) is -2.71. The van der Waals surface area contributed by atoms with Crippen LogP contribution in [0.3, 0.4) is 0 Å². The van der Waals surface area contributed by atoms with Crippen LogP contribution >= 0.6 is 13.5 Å². The fourth-order valence-electron chi connectivity index (χ4n) is 3.49. The Morgan fingerprint density at radius 2 is 1.97 bits per heavy atom. The lowest BCUT2D eigenvalue weighted by molar-refractivity contribution is -0.204. The number of aliphatic hydroxyl groups excluding tert-OH is 4. The quantitative estimate of drug-likeness (QED) is 0.170. The summed E-state index contributed by atoms with van der Waals surface area (Å²) >= 11 is 0. The zero-order chi connectivity index (χ0) is 24.0. The molecule has 0 saturated carbocycles. The predicted octanol–water partition coefficient (Wildman–Crippen LogP) is -2.53. The number of amides is 2. The molecule has 6 atom stereocenters. The van der Waals surface area contributed by atoms with Crippen LogP contribution in [0.25, 0.3) is 11.2 Å². The lowest BCUT2D eigenvalue weighted by Crippen LogP contribution is -2.68. The van der Waals surface area contributed by atoms with Crippen LogP contribution in [0.5, 0.6) is 0 Å². The van der Waals surface area contributed by atoms with E-state index in [-0.39, 0.29) is 38.2 Å². The Bertz CT molecular complexity index is 949. The second-order valence-corrected chi connectivity index (χ2v) is 7.69. The van der Waals surface area contributed by atoms with Gasteiger partial charge >= 0.3 is 0 Å². The number of nitrogens with one attached hydrogen (secondary N) is 4. The third-order valence-electron chi connectivity index (χ3n) is 5.29. The highest BCUT2D eigenvalue weighted by Crippen LogP contribution is 2.26.